The van der Waals surface area contributed by atoms with E-state index < -0.39 is 0 Å². The third-order valence-electron chi connectivity index (χ3n) is 5.21. The summed E-state index contributed by atoms with van der Waals surface area (Å²) in [6.07, 6.45) is 6.07. The van der Waals surface area contributed by atoms with Crippen LogP contribution in [0.25, 0.3) is 11.2 Å². The molecule has 0 unspecified atom stereocenters. The van der Waals surface area contributed by atoms with E-state index in [0.29, 0.717) is 18.6 Å². The number of oxime groups is 1. The number of fused-ring (bicyclic) bond motifs is 6. The van der Waals surface area contributed by atoms with Crippen molar-refractivity contribution >= 4 is 22.8 Å². The second kappa shape index (κ2) is 4.19. The minimum Gasteiger partial charge on any atom is -0.391 e. The number of hydrogen-bond donors (Lipinski definition) is 2. The van der Waals surface area contributed by atoms with Crippen molar-refractivity contribution in [1.82, 2.24) is 15.0 Å². The van der Waals surface area contributed by atoms with Crippen molar-refractivity contribution in [2.45, 2.75) is 25.4 Å². The quantitative estimate of drug-likeness (QED) is 0.905. The number of H-pyrrole nitrogens is 1. The first-order chi connectivity index (χ1) is 10.4. The number of pyridine rings is 1. The highest BCUT2D eigenvalue weighted by Gasteiger charge is 2.53. The molecule has 0 aromatic carbocycles. The van der Waals surface area contributed by atoms with E-state index in [0.717, 1.165) is 34.7 Å². The van der Waals surface area contributed by atoms with Crippen molar-refractivity contribution in [3.63, 3.8) is 0 Å². The molecule has 0 radical (unpaired) electrons. The summed E-state index contributed by atoms with van der Waals surface area (Å²) in [6, 6.07) is 3.88. The summed E-state index contributed by atoms with van der Waals surface area (Å²) in [5, 5.41) is 7.66. The standard InChI is InChI=1S/C15H17N5O/c1-2-10-14(16-5-1)19-15(18-10)17-7-11-12-8-3-4-9(6-8)13(12)21-20-11/h1-2,5,8-9,12-13H,3-4,6-7H2,(H2,16,17,18,19)/t8-,9+,12-,13-/m1/s1. The molecule has 3 heterocycles. The van der Waals surface area contributed by atoms with Gasteiger partial charge in [-0.2, -0.15) is 4.98 Å². The molecule has 2 aromatic rings. The number of nitrogens with zero attached hydrogens (tertiary/aromatic N) is 3. The van der Waals surface area contributed by atoms with Gasteiger partial charge in [0.25, 0.3) is 0 Å². The molecule has 5 rings (SSSR count). The number of hydrogen-bond acceptors (Lipinski definition) is 5. The molecule has 1 aliphatic heterocycles. The lowest BCUT2D eigenvalue weighted by molar-refractivity contribution is 0.0275. The Morgan fingerprint density at radius 3 is 3.24 bits per heavy atom. The SMILES string of the molecule is c1cnc2nc(NCC3=NO[C@@H]4[C@H]5CC[C@H](C5)[C@H]34)[nH]c2c1. The summed E-state index contributed by atoms with van der Waals surface area (Å²) in [5.74, 6) is 2.79. The Kier molecular flexibility index (Phi) is 2.30. The van der Waals surface area contributed by atoms with Gasteiger partial charge in [0.2, 0.25) is 5.95 Å². The Bertz CT molecular complexity index is 691. The topological polar surface area (TPSA) is 75.2 Å². The fourth-order valence-electron chi connectivity index (χ4n) is 4.29. The number of rotatable bonds is 3. The van der Waals surface area contributed by atoms with Gasteiger partial charge < -0.3 is 15.1 Å². The fourth-order valence-corrected chi connectivity index (χ4v) is 4.29. The molecule has 4 atom stereocenters. The molecule has 2 aromatic heterocycles. The molecule has 6 nitrogen and oxygen atoms in total. The van der Waals surface area contributed by atoms with E-state index in [1.54, 1.807) is 6.20 Å². The summed E-state index contributed by atoms with van der Waals surface area (Å²) >= 11 is 0. The van der Waals surface area contributed by atoms with E-state index in [4.69, 9.17) is 4.84 Å². The van der Waals surface area contributed by atoms with E-state index >= 15 is 0 Å². The predicted octanol–water partition coefficient (Wildman–Crippen LogP) is 2.17. The number of aromatic nitrogens is 3. The number of aromatic amines is 1. The third-order valence-corrected chi connectivity index (χ3v) is 5.21. The van der Waals surface area contributed by atoms with E-state index in [1.165, 1.54) is 19.3 Å². The van der Waals surface area contributed by atoms with Gasteiger partial charge in [0.15, 0.2) is 5.65 Å². The Balaban J connectivity index is 1.32. The van der Waals surface area contributed by atoms with Crippen LogP contribution in [0.4, 0.5) is 5.95 Å². The molecule has 0 spiro atoms. The van der Waals surface area contributed by atoms with Crippen LogP contribution in [0.15, 0.2) is 23.5 Å². The monoisotopic (exact) mass is 283 g/mol. The zero-order chi connectivity index (χ0) is 13.8. The molecule has 0 amide bonds. The normalized spacial score (nSPS) is 33.0. The highest BCUT2D eigenvalue weighted by Crippen LogP contribution is 2.52. The van der Waals surface area contributed by atoms with E-state index in [-0.39, 0.29) is 0 Å². The average Bonchev–Trinajstić information content (AvgIpc) is 3.25. The molecular weight excluding hydrogens is 266 g/mol. The van der Waals surface area contributed by atoms with E-state index in [2.05, 4.69) is 25.4 Å². The molecular formula is C15H17N5O. The zero-order valence-corrected chi connectivity index (χ0v) is 11.6. The van der Waals surface area contributed by atoms with Crippen LogP contribution in [-0.2, 0) is 4.84 Å². The second-order valence-electron chi connectivity index (χ2n) is 6.33. The van der Waals surface area contributed by atoms with Crippen molar-refractivity contribution in [3.8, 4) is 0 Å². The summed E-state index contributed by atoms with van der Waals surface area (Å²) in [4.78, 5) is 17.6. The van der Waals surface area contributed by atoms with Crippen LogP contribution in [0.5, 0.6) is 0 Å². The number of anilines is 1. The van der Waals surface area contributed by atoms with Gasteiger partial charge in [0.05, 0.1) is 17.8 Å². The van der Waals surface area contributed by atoms with Crippen LogP contribution in [0.1, 0.15) is 19.3 Å². The van der Waals surface area contributed by atoms with Crippen LogP contribution >= 0.6 is 0 Å². The molecule has 2 saturated carbocycles. The van der Waals surface area contributed by atoms with Crippen molar-refractivity contribution in [1.29, 1.82) is 0 Å². The van der Waals surface area contributed by atoms with Crippen LogP contribution in [0.3, 0.4) is 0 Å². The Labute approximate surface area is 122 Å². The first kappa shape index (κ1) is 11.5. The van der Waals surface area contributed by atoms with Crippen LogP contribution in [-0.4, -0.2) is 33.3 Å². The van der Waals surface area contributed by atoms with Gasteiger partial charge in [-0.1, -0.05) is 5.16 Å². The molecule has 2 bridgehead atoms. The first-order valence-electron chi connectivity index (χ1n) is 7.66. The van der Waals surface area contributed by atoms with Crippen LogP contribution in [0.2, 0.25) is 0 Å². The lowest BCUT2D eigenvalue weighted by Crippen LogP contribution is -2.32. The molecule has 0 saturated heterocycles. The Morgan fingerprint density at radius 1 is 1.33 bits per heavy atom. The minimum absolute atomic E-state index is 0.345. The lowest BCUT2D eigenvalue weighted by Gasteiger charge is -2.22. The smallest absolute Gasteiger partial charge is 0.203 e. The maximum atomic E-state index is 5.68. The lowest BCUT2D eigenvalue weighted by atomic mass is 9.83. The average molecular weight is 283 g/mol. The predicted molar refractivity (Wildman–Crippen MR) is 79.0 cm³/mol. The molecule has 2 aliphatic carbocycles. The van der Waals surface area contributed by atoms with Crippen LogP contribution in [0, 0.1) is 17.8 Å². The summed E-state index contributed by atoms with van der Waals surface area (Å²) in [6.45, 7) is 0.699. The van der Waals surface area contributed by atoms with Gasteiger partial charge in [-0.25, -0.2) is 4.98 Å². The zero-order valence-electron chi connectivity index (χ0n) is 11.6. The third kappa shape index (κ3) is 1.68. The molecule has 3 aliphatic rings. The van der Waals surface area contributed by atoms with Gasteiger partial charge in [-0.05, 0) is 43.2 Å². The van der Waals surface area contributed by atoms with Gasteiger partial charge in [-0.3, -0.25) is 0 Å². The summed E-state index contributed by atoms with van der Waals surface area (Å²) < 4.78 is 0. The maximum absolute atomic E-state index is 5.68. The first-order valence-corrected chi connectivity index (χ1v) is 7.66. The van der Waals surface area contributed by atoms with E-state index in [9.17, 15) is 0 Å². The van der Waals surface area contributed by atoms with Crippen LogP contribution < -0.4 is 5.32 Å². The van der Waals surface area contributed by atoms with Crippen molar-refractivity contribution < 1.29 is 4.84 Å². The fraction of sp³-hybridized carbons (Fsp3) is 0.533. The van der Waals surface area contributed by atoms with Gasteiger partial charge >= 0.3 is 0 Å². The largest absolute Gasteiger partial charge is 0.391 e. The van der Waals surface area contributed by atoms with Gasteiger partial charge in [-0.15, -0.1) is 0 Å². The van der Waals surface area contributed by atoms with Crippen molar-refractivity contribution in [2.24, 2.45) is 22.9 Å². The molecule has 2 fully saturated rings. The van der Waals surface area contributed by atoms with Gasteiger partial charge in [0.1, 0.15) is 6.10 Å². The van der Waals surface area contributed by atoms with Crippen molar-refractivity contribution in [2.75, 3.05) is 11.9 Å². The molecule has 2 N–H and O–H groups in total. The second-order valence-corrected chi connectivity index (χ2v) is 6.33. The molecule has 108 valence electrons. The number of nitrogens with one attached hydrogen (secondary N) is 2. The Hall–Kier alpha value is -2.11. The summed E-state index contributed by atoms with van der Waals surface area (Å²) in [5.41, 5.74) is 2.84. The van der Waals surface area contributed by atoms with Gasteiger partial charge in [0, 0.05) is 12.1 Å². The maximum Gasteiger partial charge on any atom is 0.203 e. The van der Waals surface area contributed by atoms with E-state index in [1.807, 2.05) is 12.1 Å². The molecule has 6 heteroatoms. The summed E-state index contributed by atoms with van der Waals surface area (Å²) in [7, 11) is 0. The number of imidazole rings is 1. The van der Waals surface area contributed by atoms with Crippen molar-refractivity contribution in [3.05, 3.63) is 18.3 Å². The highest BCUT2D eigenvalue weighted by atomic mass is 16.6. The minimum atomic E-state index is 0.345. The molecule has 21 heavy (non-hydrogen) atoms. The highest BCUT2D eigenvalue weighted by molar-refractivity contribution is 5.92. The Morgan fingerprint density at radius 2 is 2.29 bits per heavy atom.